The highest BCUT2D eigenvalue weighted by Crippen LogP contribution is 2.12. The molecule has 0 unspecified atom stereocenters. The van der Waals surface area contributed by atoms with E-state index in [4.69, 9.17) is 4.74 Å². The van der Waals surface area contributed by atoms with Crippen LogP contribution in [0.2, 0.25) is 0 Å². The van der Waals surface area contributed by atoms with Gasteiger partial charge in [-0.15, -0.1) is 0 Å². The van der Waals surface area contributed by atoms with Crippen molar-refractivity contribution in [1.82, 2.24) is 5.32 Å². The molecule has 5 heteroatoms. The topological polar surface area (TPSA) is 55.4 Å². The van der Waals surface area contributed by atoms with Crippen molar-refractivity contribution in [1.29, 1.82) is 0 Å². The van der Waals surface area contributed by atoms with Crippen LogP contribution in [0.4, 0.5) is 0 Å². The Kier molecular flexibility index (Phi) is 18.7. The van der Waals surface area contributed by atoms with Crippen molar-refractivity contribution in [3.63, 3.8) is 0 Å². The molecule has 0 aromatic heterocycles. The summed E-state index contributed by atoms with van der Waals surface area (Å²) in [6.45, 7) is 7.38. The van der Waals surface area contributed by atoms with Gasteiger partial charge in [0.05, 0.1) is 27.2 Å². The van der Waals surface area contributed by atoms with E-state index in [1.807, 2.05) is 14.1 Å². The molecule has 0 spiro atoms. The molecule has 0 aliphatic rings. The van der Waals surface area contributed by atoms with Crippen molar-refractivity contribution in [3.8, 4) is 0 Å². The Morgan fingerprint density at radius 3 is 1.77 bits per heavy atom. The quantitative estimate of drug-likeness (QED) is 0.116. The van der Waals surface area contributed by atoms with E-state index in [0.717, 1.165) is 12.8 Å². The summed E-state index contributed by atoms with van der Waals surface area (Å²) >= 11 is 0. The number of hydrogen-bond donors (Lipinski definition) is 1. The number of quaternary nitrogens is 1. The molecule has 1 amide bonds. The lowest BCUT2D eigenvalue weighted by Crippen LogP contribution is -2.48. The van der Waals surface area contributed by atoms with Crippen molar-refractivity contribution < 1.29 is 18.8 Å². The number of nitrogens with one attached hydrogen (secondary N) is 1. The second kappa shape index (κ2) is 19.6. The van der Waals surface area contributed by atoms with E-state index in [1.54, 1.807) is 6.08 Å². The molecule has 0 rings (SSSR count). The number of hydrogen-bond acceptors (Lipinski definition) is 3. The number of carbonyl (C=O) groups excluding carboxylic acids is 2. The lowest BCUT2D eigenvalue weighted by Gasteiger charge is -2.27. The molecular formula is C25H49N2O3+. The van der Waals surface area contributed by atoms with E-state index in [2.05, 4.69) is 18.8 Å². The molecule has 30 heavy (non-hydrogen) atoms. The molecule has 0 saturated heterocycles. The third-order valence-electron chi connectivity index (χ3n) is 5.39. The van der Waals surface area contributed by atoms with Crippen LogP contribution in [0.5, 0.6) is 0 Å². The molecule has 0 aromatic rings. The zero-order valence-electron chi connectivity index (χ0n) is 20.2. The molecule has 0 fully saturated rings. The number of carbonyl (C=O) groups is 2. The van der Waals surface area contributed by atoms with Gasteiger partial charge >= 0.3 is 5.97 Å². The van der Waals surface area contributed by atoms with Crippen molar-refractivity contribution in [2.45, 2.75) is 96.8 Å². The maximum absolute atomic E-state index is 11.9. The molecule has 5 nitrogen and oxygen atoms in total. The predicted molar refractivity (Wildman–Crippen MR) is 126 cm³/mol. The number of nitrogens with zero attached hydrogens (tertiary/aromatic N) is 1. The van der Waals surface area contributed by atoms with Crippen LogP contribution in [0.3, 0.4) is 0 Å². The van der Waals surface area contributed by atoms with Crippen molar-refractivity contribution >= 4 is 11.9 Å². The first kappa shape index (κ1) is 28.6. The Morgan fingerprint density at radius 1 is 0.833 bits per heavy atom. The SMILES string of the molecule is C=CC[N+](C)(C)CC(=O)NCC(=O)OCCCCCCCCCCCCCCCC. The molecular weight excluding hydrogens is 376 g/mol. The van der Waals surface area contributed by atoms with E-state index < -0.39 is 0 Å². The van der Waals surface area contributed by atoms with Crippen LogP contribution in [0, 0.1) is 0 Å². The van der Waals surface area contributed by atoms with Crippen LogP contribution in [0.1, 0.15) is 96.8 Å². The van der Waals surface area contributed by atoms with Crippen LogP contribution in [-0.2, 0) is 14.3 Å². The summed E-state index contributed by atoms with van der Waals surface area (Å²) in [4.78, 5) is 23.6. The summed E-state index contributed by atoms with van der Waals surface area (Å²) in [5, 5.41) is 2.64. The third kappa shape index (κ3) is 19.9. The minimum atomic E-state index is -0.355. The zero-order valence-corrected chi connectivity index (χ0v) is 20.2. The number of esters is 1. The molecule has 0 heterocycles. The highest BCUT2D eigenvalue weighted by atomic mass is 16.5. The van der Waals surface area contributed by atoms with Crippen LogP contribution in [0.25, 0.3) is 0 Å². The number of likely N-dealkylation sites (N-methyl/N-ethyl adjacent to an activating group) is 1. The van der Waals surface area contributed by atoms with Crippen LogP contribution >= 0.6 is 0 Å². The number of amides is 1. The van der Waals surface area contributed by atoms with Crippen LogP contribution in [-0.4, -0.2) is 56.7 Å². The number of ether oxygens (including phenoxy) is 1. The van der Waals surface area contributed by atoms with Crippen LogP contribution < -0.4 is 5.32 Å². The van der Waals surface area contributed by atoms with Gasteiger partial charge in [0, 0.05) is 0 Å². The normalized spacial score (nSPS) is 11.3. The summed E-state index contributed by atoms with van der Waals surface area (Å²) in [5.74, 6) is -0.498. The standard InChI is InChI=1S/C25H48N2O3/c1-5-7-8-9-10-11-12-13-14-15-16-17-18-19-21-30-25(29)22-26-24(28)23-27(3,4)20-6-2/h6H,2,5,7-23H2,1,3-4H3/p+1. The second-order valence-electron chi connectivity index (χ2n) is 9.16. The first-order valence-corrected chi connectivity index (χ1v) is 12.3. The third-order valence-corrected chi connectivity index (χ3v) is 5.39. The molecule has 0 aliphatic heterocycles. The van der Waals surface area contributed by atoms with Gasteiger partial charge in [0.25, 0.3) is 5.91 Å². The molecule has 0 bridgehead atoms. The van der Waals surface area contributed by atoms with Crippen LogP contribution in [0.15, 0.2) is 12.7 Å². The Balaban J connectivity index is 3.39. The predicted octanol–water partition coefficient (Wildman–Crippen LogP) is 5.39. The molecule has 1 N–H and O–H groups in total. The summed E-state index contributed by atoms with van der Waals surface area (Å²) < 4.78 is 5.72. The minimum Gasteiger partial charge on any atom is -0.464 e. The lowest BCUT2D eigenvalue weighted by atomic mass is 10.0. The van der Waals surface area contributed by atoms with Gasteiger partial charge in [0.1, 0.15) is 6.54 Å². The number of rotatable bonds is 21. The van der Waals surface area contributed by atoms with E-state index in [9.17, 15) is 9.59 Å². The molecule has 0 atom stereocenters. The summed E-state index contributed by atoms with van der Waals surface area (Å²) in [7, 11) is 3.91. The van der Waals surface area contributed by atoms with Crippen molar-refractivity contribution in [3.05, 3.63) is 12.7 Å². The Hall–Kier alpha value is -1.36. The minimum absolute atomic E-state index is 0.0501. The van der Waals surface area contributed by atoms with Gasteiger partial charge in [0.2, 0.25) is 0 Å². The van der Waals surface area contributed by atoms with Gasteiger partial charge in [-0.25, -0.2) is 0 Å². The largest absolute Gasteiger partial charge is 0.464 e. The van der Waals surface area contributed by atoms with Gasteiger partial charge in [-0.1, -0.05) is 97.0 Å². The Bertz CT molecular complexity index is 450. The second-order valence-corrected chi connectivity index (χ2v) is 9.16. The molecule has 0 saturated carbocycles. The average molecular weight is 426 g/mol. The van der Waals surface area contributed by atoms with E-state index in [1.165, 1.54) is 77.0 Å². The van der Waals surface area contributed by atoms with E-state index in [-0.39, 0.29) is 18.4 Å². The zero-order chi connectivity index (χ0) is 22.5. The smallest absolute Gasteiger partial charge is 0.325 e. The van der Waals surface area contributed by atoms with E-state index >= 15 is 0 Å². The number of unbranched alkanes of at least 4 members (excludes halogenated alkanes) is 13. The van der Waals surface area contributed by atoms with Crippen molar-refractivity contribution in [2.75, 3.05) is 40.3 Å². The van der Waals surface area contributed by atoms with Gasteiger partial charge in [0.15, 0.2) is 6.54 Å². The average Bonchev–Trinajstić information content (AvgIpc) is 2.69. The fourth-order valence-electron chi connectivity index (χ4n) is 3.56. The molecule has 176 valence electrons. The van der Waals surface area contributed by atoms with E-state index in [0.29, 0.717) is 24.2 Å². The van der Waals surface area contributed by atoms with Gasteiger partial charge in [-0.2, -0.15) is 0 Å². The Labute approximate surface area is 186 Å². The maximum atomic E-state index is 11.9. The monoisotopic (exact) mass is 425 g/mol. The fraction of sp³-hybridized carbons (Fsp3) is 0.840. The molecule has 0 aromatic carbocycles. The van der Waals surface area contributed by atoms with Gasteiger partial charge < -0.3 is 14.5 Å². The van der Waals surface area contributed by atoms with Gasteiger partial charge in [-0.3, -0.25) is 9.59 Å². The molecule has 0 radical (unpaired) electrons. The Morgan fingerprint density at radius 2 is 1.30 bits per heavy atom. The fourth-order valence-corrected chi connectivity index (χ4v) is 3.56. The van der Waals surface area contributed by atoms with Crippen molar-refractivity contribution in [2.24, 2.45) is 0 Å². The summed E-state index contributed by atoms with van der Waals surface area (Å²) in [6.07, 6.45) is 20.1. The maximum Gasteiger partial charge on any atom is 0.325 e. The molecule has 0 aliphatic carbocycles. The lowest BCUT2D eigenvalue weighted by molar-refractivity contribution is -0.876. The summed E-state index contributed by atoms with van der Waals surface area (Å²) in [5.41, 5.74) is 0. The first-order chi connectivity index (χ1) is 14.4. The summed E-state index contributed by atoms with van der Waals surface area (Å²) in [6, 6.07) is 0. The highest BCUT2D eigenvalue weighted by molar-refractivity contribution is 5.82. The highest BCUT2D eigenvalue weighted by Gasteiger charge is 2.18. The first-order valence-electron chi connectivity index (χ1n) is 12.3. The van der Waals surface area contributed by atoms with Gasteiger partial charge in [-0.05, 0) is 12.5 Å².